The molecule has 0 N–H and O–H groups in total. The third kappa shape index (κ3) is 7.66. The summed E-state index contributed by atoms with van der Waals surface area (Å²) < 4.78 is 23.0. The Morgan fingerprint density at radius 1 is 0.654 bits per heavy atom. The van der Waals surface area contributed by atoms with E-state index in [2.05, 4.69) is 13.8 Å². The molecule has 0 atom stereocenters. The lowest BCUT2D eigenvalue weighted by atomic mass is 10.1. The maximum atomic E-state index is 12.1. The average molecular weight is 374 g/mol. The first-order chi connectivity index (χ1) is 12.7. The molecular formula is C22H31O3P. The summed E-state index contributed by atoms with van der Waals surface area (Å²) in [5.74, 6) is 1.17. The van der Waals surface area contributed by atoms with E-state index >= 15 is 0 Å². The van der Waals surface area contributed by atoms with E-state index < -0.39 is 8.25 Å². The minimum atomic E-state index is -2.61. The molecule has 0 heterocycles. The fourth-order valence-corrected chi connectivity index (χ4v) is 3.52. The Morgan fingerprint density at radius 3 is 1.38 bits per heavy atom. The van der Waals surface area contributed by atoms with Gasteiger partial charge in [-0.15, -0.1) is 0 Å². The molecule has 0 saturated heterocycles. The monoisotopic (exact) mass is 374 g/mol. The molecule has 2 aromatic rings. The normalized spacial score (nSPS) is 10.9. The topological polar surface area (TPSA) is 35.5 Å². The summed E-state index contributed by atoms with van der Waals surface area (Å²) in [4.78, 5) is 0. The van der Waals surface area contributed by atoms with Gasteiger partial charge in [0.25, 0.3) is 0 Å². The molecule has 4 heteroatoms. The number of benzene rings is 2. The maximum absolute atomic E-state index is 12.1. The Balaban J connectivity index is 1.78. The molecule has 2 aromatic carbocycles. The second-order valence-electron chi connectivity index (χ2n) is 6.66. The van der Waals surface area contributed by atoms with Crippen LogP contribution in [-0.2, 0) is 17.4 Å². The van der Waals surface area contributed by atoms with Gasteiger partial charge in [-0.05, 0) is 61.1 Å². The number of hydrogen-bond acceptors (Lipinski definition) is 3. The van der Waals surface area contributed by atoms with Crippen molar-refractivity contribution in [2.75, 3.05) is 0 Å². The van der Waals surface area contributed by atoms with Crippen LogP contribution in [-0.4, -0.2) is 0 Å². The van der Waals surface area contributed by atoms with E-state index in [-0.39, 0.29) is 0 Å². The van der Waals surface area contributed by atoms with Crippen molar-refractivity contribution in [1.82, 2.24) is 0 Å². The average Bonchev–Trinajstić information content (AvgIpc) is 2.65. The Hall–Kier alpha value is -1.73. The Kier molecular flexibility index (Phi) is 9.34. The van der Waals surface area contributed by atoms with Crippen LogP contribution >= 0.6 is 8.25 Å². The second kappa shape index (κ2) is 11.8. The fourth-order valence-electron chi connectivity index (χ4n) is 2.82. The number of aryl methyl sites for hydroxylation is 2. The van der Waals surface area contributed by atoms with Gasteiger partial charge in [0, 0.05) is 0 Å². The van der Waals surface area contributed by atoms with Crippen LogP contribution in [0.15, 0.2) is 48.5 Å². The van der Waals surface area contributed by atoms with Crippen molar-refractivity contribution in [2.45, 2.75) is 65.2 Å². The van der Waals surface area contributed by atoms with Gasteiger partial charge in [0.05, 0.1) is 0 Å². The van der Waals surface area contributed by atoms with Gasteiger partial charge >= 0.3 is 8.25 Å². The van der Waals surface area contributed by atoms with Crippen LogP contribution in [0.3, 0.4) is 0 Å². The van der Waals surface area contributed by atoms with Crippen molar-refractivity contribution >= 4 is 8.25 Å². The predicted octanol–water partition coefficient (Wildman–Crippen LogP) is 7.00. The summed E-state index contributed by atoms with van der Waals surface area (Å²) in [6.07, 6.45) is 9.49. The zero-order chi connectivity index (χ0) is 18.6. The van der Waals surface area contributed by atoms with Gasteiger partial charge in [-0.3, -0.25) is 0 Å². The van der Waals surface area contributed by atoms with Crippen LogP contribution in [0.1, 0.15) is 63.5 Å². The van der Waals surface area contributed by atoms with Gasteiger partial charge in [0.1, 0.15) is 11.5 Å². The van der Waals surface area contributed by atoms with Gasteiger partial charge in [-0.25, -0.2) is 4.57 Å². The Morgan fingerprint density at radius 2 is 1.04 bits per heavy atom. The Labute approximate surface area is 158 Å². The van der Waals surface area contributed by atoms with E-state index in [1.165, 1.54) is 49.7 Å². The predicted molar refractivity (Wildman–Crippen MR) is 110 cm³/mol. The molecule has 0 fully saturated rings. The van der Waals surface area contributed by atoms with Gasteiger partial charge < -0.3 is 9.05 Å². The first kappa shape index (κ1) is 20.6. The standard InChI is InChI=1S/C22H31O3P/c1-3-5-7-9-19-11-15-21(16-12-19)24-26(23)25-22-17-13-20(14-18-22)10-8-6-4-2/h11-18,26H,3-10H2,1-2H3. The molecule has 3 nitrogen and oxygen atoms in total. The van der Waals surface area contributed by atoms with E-state index in [0.29, 0.717) is 11.5 Å². The van der Waals surface area contributed by atoms with Crippen LogP contribution in [0.4, 0.5) is 0 Å². The third-order valence-electron chi connectivity index (χ3n) is 4.39. The van der Waals surface area contributed by atoms with Gasteiger partial charge in [0.2, 0.25) is 0 Å². The number of unbranched alkanes of at least 4 members (excludes halogenated alkanes) is 4. The summed E-state index contributed by atoms with van der Waals surface area (Å²) in [5.41, 5.74) is 2.56. The lowest BCUT2D eigenvalue weighted by Gasteiger charge is -2.09. The van der Waals surface area contributed by atoms with Gasteiger partial charge in [-0.1, -0.05) is 63.8 Å². The molecule has 0 spiro atoms. The molecule has 0 radical (unpaired) electrons. The van der Waals surface area contributed by atoms with E-state index in [1.807, 2.05) is 48.5 Å². The second-order valence-corrected chi connectivity index (χ2v) is 7.56. The summed E-state index contributed by atoms with van der Waals surface area (Å²) in [5, 5.41) is 0. The van der Waals surface area contributed by atoms with Crippen molar-refractivity contribution in [3.63, 3.8) is 0 Å². The molecule has 0 unspecified atom stereocenters. The maximum Gasteiger partial charge on any atom is 0.418 e. The smallest absolute Gasteiger partial charge is 0.418 e. The zero-order valence-electron chi connectivity index (χ0n) is 16.0. The van der Waals surface area contributed by atoms with E-state index in [1.54, 1.807) is 0 Å². The number of hydrogen-bond donors (Lipinski definition) is 0. The zero-order valence-corrected chi connectivity index (χ0v) is 17.0. The Bertz CT molecular complexity index is 593. The van der Waals surface area contributed by atoms with Gasteiger partial charge in [-0.2, -0.15) is 0 Å². The lowest BCUT2D eigenvalue weighted by Crippen LogP contribution is -1.91. The molecule has 0 aliphatic carbocycles. The van der Waals surface area contributed by atoms with Crippen LogP contribution in [0.25, 0.3) is 0 Å². The lowest BCUT2D eigenvalue weighted by molar-refractivity contribution is 0.415. The molecule has 0 amide bonds. The van der Waals surface area contributed by atoms with E-state index in [4.69, 9.17) is 9.05 Å². The molecule has 26 heavy (non-hydrogen) atoms. The van der Waals surface area contributed by atoms with Crippen LogP contribution in [0, 0.1) is 0 Å². The summed E-state index contributed by atoms with van der Waals surface area (Å²) in [6.45, 7) is 4.41. The van der Waals surface area contributed by atoms with E-state index in [0.717, 1.165) is 12.8 Å². The SMILES string of the molecule is CCCCCc1ccc(O[PH](=O)Oc2ccc(CCCCC)cc2)cc1. The molecular weight excluding hydrogens is 343 g/mol. The summed E-state index contributed by atoms with van der Waals surface area (Å²) >= 11 is 0. The van der Waals surface area contributed by atoms with Crippen molar-refractivity contribution in [2.24, 2.45) is 0 Å². The van der Waals surface area contributed by atoms with Crippen molar-refractivity contribution < 1.29 is 13.6 Å². The van der Waals surface area contributed by atoms with Crippen LogP contribution < -0.4 is 9.05 Å². The third-order valence-corrected chi connectivity index (χ3v) is 5.19. The first-order valence-corrected chi connectivity index (χ1v) is 11.0. The first-order valence-electron chi connectivity index (χ1n) is 9.78. The molecule has 0 aliphatic rings. The van der Waals surface area contributed by atoms with Crippen molar-refractivity contribution in [1.29, 1.82) is 0 Å². The molecule has 2 rings (SSSR count). The largest absolute Gasteiger partial charge is 0.418 e. The molecule has 0 saturated carbocycles. The quantitative estimate of drug-likeness (QED) is 0.296. The highest BCUT2D eigenvalue weighted by Gasteiger charge is 2.05. The summed E-state index contributed by atoms with van der Waals surface area (Å²) in [6, 6.07) is 15.6. The molecule has 0 bridgehead atoms. The highest BCUT2D eigenvalue weighted by atomic mass is 31.1. The highest BCUT2D eigenvalue weighted by Crippen LogP contribution is 2.31. The molecule has 0 aromatic heterocycles. The summed E-state index contributed by atoms with van der Waals surface area (Å²) in [7, 11) is -2.61. The van der Waals surface area contributed by atoms with Crippen molar-refractivity contribution in [3.8, 4) is 11.5 Å². The molecule has 0 aliphatic heterocycles. The van der Waals surface area contributed by atoms with E-state index in [9.17, 15) is 4.57 Å². The fraction of sp³-hybridized carbons (Fsp3) is 0.455. The van der Waals surface area contributed by atoms with Crippen molar-refractivity contribution in [3.05, 3.63) is 59.7 Å². The number of rotatable bonds is 12. The highest BCUT2D eigenvalue weighted by molar-refractivity contribution is 7.34. The van der Waals surface area contributed by atoms with Crippen LogP contribution in [0.5, 0.6) is 11.5 Å². The van der Waals surface area contributed by atoms with Crippen LogP contribution in [0.2, 0.25) is 0 Å². The molecule has 142 valence electrons. The van der Waals surface area contributed by atoms with Gasteiger partial charge in [0.15, 0.2) is 0 Å². The minimum absolute atomic E-state index is 0.587. The minimum Gasteiger partial charge on any atom is -0.418 e.